The number of thiazole rings is 1. The predicted molar refractivity (Wildman–Crippen MR) is 66.8 cm³/mol. The summed E-state index contributed by atoms with van der Waals surface area (Å²) >= 11 is 1.51. The smallest absolute Gasteiger partial charge is 0.180 e. The molecular weight excluding hydrogens is 222 g/mol. The third-order valence-corrected chi connectivity index (χ3v) is 3.55. The summed E-state index contributed by atoms with van der Waals surface area (Å²) in [5, 5.41) is 4.80. The van der Waals surface area contributed by atoms with Crippen LogP contribution in [0.3, 0.4) is 0 Å². The van der Waals surface area contributed by atoms with Crippen LogP contribution in [0.25, 0.3) is 0 Å². The molecule has 0 atom stereocenters. The molecule has 2 N–H and O–H groups in total. The Morgan fingerprint density at radius 2 is 2.25 bits per heavy atom. The van der Waals surface area contributed by atoms with Gasteiger partial charge in [0.25, 0.3) is 0 Å². The van der Waals surface area contributed by atoms with E-state index in [2.05, 4.69) is 24.0 Å². The predicted octanol–water partition coefficient (Wildman–Crippen LogP) is 2.44. The highest BCUT2D eigenvalue weighted by molar-refractivity contribution is 7.17. The van der Waals surface area contributed by atoms with Gasteiger partial charge < -0.3 is 10.6 Å². The molecule has 1 heterocycles. The van der Waals surface area contributed by atoms with Crippen molar-refractivity contribution in [3.63, 3.8) is 0 Å². The van der Waals surface area contributed by atoms with Crippen molar-refractivity contribution in [2.24, 2.45) is 10.6 Å². The van der Waals surface area contributed by atoms with E-state index < -0.39 is 0 Å². The molecule has 88 valence electrons. The SMILES string of the molecule is CCO/N=C1/CC(C)(C)Cc2nc(N)sc21. The van der Waals surface area contributed by atoms with Gasteiger partial charge in [0.05, 0.1) is 16.3 Å². The fourth-order valence-electron chi connectivity index (χ4n) is 1.98. The number of hydrogen-bond acceptors (Lipinski definition) is 5. The van der Waals surface area contributed by atoms with Crippen LogP contribution in [0.2, 0.25) is 0 Å². The lowest BCUT2D eigenvalue weighted by Crippen LogP contribution is -2.26. The van der Waals surface area contributed by atoms with E-state index in [1.165, 1.54) is 11.3 Å². The zero-order valence-corrected chi connectivity index (χ0v) is 10.7. The summed E-state index contributed by atoms with van der Waals surface area (Å²) in [6.45, 7) is 6.95. The Morgan fingerprint density at radius 3 is 2.94 bits per heavy atom. The van der Waals surface area contributed by atoms with Gasteiger partial charge in [0, 0.05) is 0 Å². The molecule has 1 aliphatic rings. The largest absolute Gasteiger partial charge is 0.396 e. The van der Waals surface area contributed by atoms with Crippen LogP contribution in [0.5, 0.6) is 0 Å². The molecule has 0 saturated heterocycles. The van der Waals surface area contributed by atoms with Gasteiger partial charge in [0.15, 0.2) is 5.13 Å². The van der Waals surface area contributed by atoms with Crippen LogP contribution in [-0.2, 0) is 11.3 Å². The first-order valence-electron chi connectivity index (χ1n) is 5.46. The molecule has 0 bridgehead atoms. The number of nitrogens with two attached hydrogens (primary N) is 1. The van der Waals surface area contributed by atoms with Gasteiger partial charge in [-0.3, -0.25) is 0 Å². The third-order valence-electron chi connectivity index (χ3n) is 2.57. The van der Waals surface area contributed by atoms with Crippen LogP contribution >= 0.6 is 11.3 Å². The zero-order chi connectivity index (χ0) is 11.8. The molecule has 0 fully saturated rings. The number of nitrogens with zero attached hydrogens (tertiary/aromatic N) is 2. The summed E-state index contributed by atoms with van der Waals surface area (Å²) in [5.74, 6) is 0. The fraction of sp³-hybridized carbons (Fsp3) is 0.636. The fourth-order valence-corrected chi connectivity index (χ4v) is 2.81. The van der Waals surface area contributed by atoms with Gasteiger partial charge in [0.1, 0.15) is 6.61 Å². The van der Waals surface area contributed by atoms with Crippen molar-refractivity contribution < 1.29 is 4.84 Å². The lowest BCUT2D eigenvalue weighted by Gasteiger charge is -2.28. The van der Waals surface area contributed by atoms with Crippen LogP contribution in [0.1, 0.15) is 37.8 Å². The van der Waals surface area contributed by atoms with Gasteiger partial charge in [-0.05, 0) is 25.2 Å². The first kappa shape index (κ1) is 11.4. The number of fused-ring (bicyclic) bond motifs is 1. The van der Waals surface area contributed by atoms with Crippen LogP contribution in [0.15, 0.2) is 5.16 Å². The lowest BCUT2D eigenvalue weighted by atomic mass is 9.78. The third kappa shape index (κ3) is 2.19. The van der Waals surface area contributed by atoms with Crippen LogP contribution < -0.4 is 5.73 Å². The van der Waals surface area contributed by atoms with Crippen molar-refractivity contribution in [1.82, 2.24) is 4.98 Å². The topological polar surface area (TPSA) is 60.5 Å². The highest BCUT2D eigenvalue weighted by atomic mass is 32.1. The van der Waals surface area contributed by atoms with E-state index in [1.54, 1.807) is 0 Å². The molecule has 0 unspecified atom stereocenters. The number of aromatic nitrogens is 1. The molecule has 0 spiro atoms. The van der Waals surface area contributed by atoms with Gasteiger partial charge in [-0.25, -0.2) is 4.98 Å². The Bertz CT molecular complexity index is 423. The van der Waals surface area contributed by atoms with Crippen LogP contribution in [0, 0.1) is 5.41 Å². The Morgan fingerprint density at radius 1 is 1.50 bits per heavy atom. The molecule has 0 aromatic carbocycles. The first-order valence-corrected chi connectivity index (χ1v) is 6.28. The average Bonchev–Trinajstić information content (AvgIpc) is 2.53. The van der Waals surface area contributed by atoms with Gasteiger partial charge in [-0.15, -0.1) is 0 Å². The van der Waals surface area contributed by atoms with Crippen molar-refractivity contribution in [3.8, 4) is 0 Å². The Kier molecular flexibility index (Phi) is 2.88. The Balaban J connectivity index is 2.39. The minimum atomic E-state index is 0.184. The standard InChI is InChI=1S/C11H17N3OS/c1-4-15-14-8-6-11(2,3)5-7-9(8)16-10(12)13-7/h4-6H2,1-3H3,(H2,12,13)/b14-8-. The highest BCUT2D eigenvalue weighted by Gasteiger charge is 2.32. The summed E-state index contributed by atoms with van der Waals surface area (Å²) < 4.78 is 0. The molecule has 5 heteroatoms. The number of rotatable bonds is 2. The average molecular weight is 239 g/mol. The maximum Gasteiger partial charge on any atom is 0.180 e. The number of oxime groups is 1. The molecule has 2 rings (SSSR count). The van der Waals surface area contributed by atoms with E-state index in [0.29, 0.717) is 11.7 Å². The van der Waals surface area contributed by atoms with E-state index in [1.807, 2.05) is 6.92 Å². The van der Waals surface area contributed by atoms with Gasteiger partial charge in [-0.1, -0.05) is 30.3 Å². The molecule has 0 saturated carbocycles. The van der Waals surface area contributed by atoms with Crippen molar-refractivity contribution in [1.29, 1.82) is 0 Å². The maximum absolute atomic E-state index is 5.75. The van der Waals surface area contributed by atoms with Gasteiger partial charge in [-0.2, -0.15) is 0 Å². The van der Waals surface area contributed by atoms with Crippen molar-refractivity contribution in [3.05, 3.63) is 10.6 Å². The Hall–Kier alpha value is -1.10. The van der Waals surface area contributed by atoms with E-state index in [9.17, 15) is 0 Å². The monoisotopic (exact) mass is 239 g/mol. The van der Waals surface area contributed by atoms with E-state index in [-0.39, 0.29) is 5.41 Å². The lowest BCUT2D eigenvalue weighted by molar-refractivity contribution is 0.156. The van der Waals surface area contributed by atoms with E-state index in [0.717, 1.165) is 29.1 Å². The van der Waals surface area contributed by atoms with E-state index >= 15 is 0 Å². The summed E-state index contributed by atoms with van der Waals surface area (Å²) in [7, 11) is 0. The highest BCUT2D eigenvalue weighted by Crippen LogP contribution is 2.38. The molecular formula is C11H17N3OS. The molecule has 0 radical (unpaired) electrons. The van der Waals surface area contributed by atoms with Crippen molar-refractivity contribution in [2.45, 2.75) is 33.6 Å². The normalized spacial score (nSPS) is 20.8. The summed E-state index contributed by atoms with van der Waals surface area (Å²) in [6.07, 6.45) is 1.88. The molecule has 1 aromatic rings. The van der Waals surface area contributed by atoms with Crippen LogP contribution in [-0.4, -0.2) is 17.3 Å². The second-order valence-corrected chi connectivity index (χ2v) is 5.83. The summed E-state index contributed by atoms with van der Waals surface area (Å²) in [4.78, 5) is 10.6. The summed E-state index contributed by atoms with van der Waals surface area (Å²) in [6, 6.07) is 0. The zero-order valence-electron chi connectivity index (χ0n) is 9.91. The number of nitrogen functional groups attached to an aromatic ring is 1. The molecule has 0 amide bonds. The molecule has 16 heavy (non-hydrogen) atoms. The van der Waals surface area contributed by atoms with Crippen LogP contribution in [0.4, 0.5) is 5.13 Å². The van der Waals surface area contributed by atoms with Gasteiger partial charge in [0.2, 0.25) is 0 Å². The number of hydrogen-bond donors (Lipinski definition) is 1. The Labute approximate surface area is 99.5 Å². The molecule has 1 aliphatic carbocycles. The number of anilines is 1. The minimum absolute atomic E-state index is 0.184. The van der Waals surface area contributed by atoms with E-state index in [4.69, 9.17) is 10.6 Å². The molecule has 1 aromatic heterocycles. The first-order chi connectivity index (χ1) is 7.52. The summed E-state index contributed by atoms with van der Waals surface area (Å²) in [5.41, 5.74) is 7.99. The second-order valence-electron chi connectivity index (χ2n) is 4.80. The maximum atomic E-state index is 5.75. The minimum Gasteiger partial charge on any atom is -0.396 e. The van der Waals surface area contributed by atoms with Crippen molar-refractivity contribution in [2.75, 3.05) is 12.3 Å². The second kappa shape index (κ2) is 4.05. The van der Waals surface area contributed by atoms with Gasteiger partial charge >= 0.3 is 0 Å². The molecule has 4 nitrogen and oxygen atoms in total. The molecule has 0 aliphatic heterocycles. The van der Waals surface area contributed by atoms with Crippen molar-refractivity contribution >= 4 is 22.2 Å². The quantitative estimate of drug-likeness (QED) is 0.806.